The molecule has 0 aromatic heterocycles. The van der Waals surface area contributed by atoms with Crippen LogP contribution in [-0.4, -0.2) is 116 Å². The molecule has 0 radical (unpaired) electrons. The number of carbonyl (C=O) groups excluding carboxylic acids is 2. The fourth-order valence-electron chi connectivity index (χ4n) is 9.31. The van der Waals surface area contributed by atoms with Gasteiger partial charge in [0.25, 0.3) is 5.09 Å². The average Bonchev–Trinajstić information content (AvgIpc) is 3.22. The molecule has 5 rings (SSSR count). The van der Waals surface area contributed by atoms with E-state index in [2.05, 4.69) is 4.84 Å². The number of allylic oxidation sites excluding steroid dienone is 4. The highest BCUT2D eigenvalue weighted by Gasteiger charge is 2.69. The van der Waals surface area contributed by atoms with E-state index in [-0.39, 0.29) is 80.9 Å². The molecule has 13 nitrogen and oxygen atoms in total. The molecule has 0 bridgehead atoms. The van der Waals surface area contributed by atoms with Crippen LogP contribution in [0.25, 0.3) is 0 Å². The normalized spacial score (nSPS) is 37.4. The highest BCUT2D eigenvalue weighted by Crippen LogP contribution is 2.67. The number of Topliss-reactive ketones (excluding diaryl/α,β-unsaturated/α-hetero) is 1. The molecule has 45 heavy (non-hydrogen) atoms. The van der Waals surface area contributed by atoms with Crippen molar-refractivity contribution in [3.8, 4) is 0 Å². The molecule has 0 spiro atoms. The number of piperazine rings is 1. The number of carboxylic acids is 1. The van der Waals surface area contributed by atoms with E-state index in [0.29, 0.717) is 45.3 Å². The van der Waals surface area contributed by atoms with Crippen molar-refractivity contribution in [3.63, 3.8) is 0 Å². The fourth-order valence-corrected chi connectivity index (χ4v) is 9.31. The summed E-state index contributed by atoms with van der Waals surface area (Å²) in [6.45, 7) is 5.70. The Balaban J connectivity index is 0.00000276. The number of carboxylic acid groups (broad SMARTS) is 1. The zero-order chi connectivity index (χ0) is 31.3. The first kappa shape index (κ1) is 37.3. The predicted octanol–water partition coefficient (Wildman–Crippen LogP) is 1.44. The van der Waals surface area contributed by atoms with Gasteiger partial charge in [-0.25, -0.2) is 0 Å². The highest BCUT2D eigenvalue weighted by molar-refractivity contribution is 6.01. The molecule has 15 heteroatoms. The topological polar surface area (TPSA) is 191 Å². The van der Waals surface area contributed by atoms with Crippen molar-refractivity contribution in [3.05, 3.63) is 33.9 Å². The van der Waals surface area contributed by atoms with Crippen LogP contribution in [-0.2, 0) is 19.2 Å². The second kappa shape index (κ2) is 13.9. The number of carbonyl (C=O) groups is 3. The molecule has 3 saturated carbocycles. The van der Waals surface area contributed by atoms with E-state index in [4.69, 9.17) is 0 Å². The van der Waals surface area contributed by atoms with Gasteiger partial charge in [0.1, 0.15) is 17.7 Å². The molecule has 4 aliphatic carbocycles. The van der Waals surface area contributed by atoms with E-state index in [9.17, 15) is 44.9 Å². The monoisotopic (exact) mass is 677 g/mol. The number of aliphatic hydroxyl groups excluding tert-OH is 2. The lowest BCUT2D eigenvalue weighted by molar-refractivity contribution is -0.757. The van der Waals surface area contributed by atoms with Gasteiger partial charge in [0.05, 0.1) is 12.7 Å². The number of aliphatic hydroxyl groups is 3. The third-order valence-corrected chi connectivity index (χ3v) is 11.5. The van der Waals surface area contributed by atoms with Crippen molar-refractivity contribution in [2.45, 2.75) is 76.2 Å². The smallest absolute Gasteiger partial charge is 0.324 e. The van der Waals surface area contributed by atoms with E-state index >= 15 is 0 Å². The van der Waals surface area contributed by atoms with Gasteiger partial charge in [-0.15, -0.1) is 34.9 Å². The van der Waals surface area contributed by atoms with Crippen LogP contribution in [0.5, 0.6) is 0 Å². The first-order valence-electron chi connectivity index (χ1n) is 15.3. The van der Waals surface area contributed by atoms with Crippen LogP contribution < -0.4 is 0 Å². The molecular weight excluding hydrogens is 633 g/mol. The Hall–Kier alpha value is -2.13. The second-order valence-electron chi connectivity index (χ2n) is 13.5. The van der Waals surface area contributed by atoms with Gasteiger partial charge in [0.2, 0.25) is 0 Å². The van der Waals surface area contributed by atoms with Gasteiger partial charge in [-0.05, 0) is 62.5 Å². The molecule has 9 atom stereocenters. The first-order chi connectivity index (χ1) is 20.2. The number of fused-ring (bicyclic) bond motifs is 5. The maximum atomic E-state index is 14.0. The summed E-state index contributed by atoms with van der Waals surface area (Å²) in [5.74, 6) is -2.68. The van der Waals surface area contributed by atoms with Crippen LogP contribution in [0.15, 0.2) is 23.8 Å². The number of ketones is 2. The van der Waals surface area contributed by atoms with Crippen molar-refractivity contribution in [2.24, 2.45) is 28.6 Å². The van der Waals surface area contributed by atoms with Gasteiger partial charge in [-0.3, -0.25) is 19.3 Å². The van der Waals surface area contributed by atoms with Crippen molar-refractivity contribution in [2.75, 3.05) is 39.3 Å². The summed E-state index contributed by atoms with van der Waals surface area (Å²) >= 11 is 0. The van der Waals surface area contributed by atoms with E-state index in [0.717, 1.165) is 5.57 Å². The molecule has 0 amide bonds. The molecule has 1 aliphatic heterocycles. The van der Waals surface area contributed by atoms with Gasteiger partial charge >= 0.3 is 5.97 Å². The van der Waals surface area contributed by atoms with Gasteiger partial charge in [-0.1, -0.05) is 25.5 Å². The summed E-state index contributed by atoms with van der Waals surface area (Å²) in [7, 11) is 0. The Morgan fingerprint density at radius 2 is 1.84 bits per heavy atom. The Kier molecular flexibility index (Phi) is 11.6. The van der Waals surface area contributed by atoms with Crippen LogP contribution in [0.2, 0.25) is 0 Å². The van der Waals surface area contributed by atoms with E-state index in [1.165, 1.54) is 4.90 Å². The Morgan fingerprint density at radius 3 is 2.47 bits per heavy atom. The Morgan fingerprint density at radius 1 is 1.18 bits per heavy atom. The summed E-state index contributed by atoms with van der Waals surface area (Å²) in [6.07, 6.45) is 4.77. The summed E-state index contributed by atoms with van der Waals surface area (Å²) < 4.78 is 0. The van der Waals surface area contributed by atoms with Crippen LogP contribution >= 0.6 is 24.8 Å². The van der Waals surface area contributed by atoms with Crippen molar-refractivity contribution < 1.29 is 44.7 Å². The number of rotatable bonds is 10. The molecular formula is C30H45Cl2N3O10. The Bertz CT molecular complexity index is 1230. The number of aliphatic carboxylic acids is 1. The van der Waals surface area contributed by atoms with Crippen molar-refractivity contribution >= 4 is 42.3 Å². The minimum Gasteiger partial charge on any atom is -0.480 e. The molecule has 254 valence electrons. The van der Waals surface area contributed by atoms with Crippen molar-refractivity contribution in [1.29, 1.82) is 0 Å². The second-order valence-corrected chi connectivity index (χ2v) is 13.5. The molecule has 1 saturated heterocycles. The summed E-state index contributed by atoms with van der Waals surface area (Å²) in [5, 5.41) is 54.6. The number of hydrogen-bond donors (Lipinski definition) is 4. The molecule has 1 heterocycles. The van der Waals surface area contributed by atoms with Gasteiger partial charge < -0.3 is 30.2 Å². The lowest BCUT2D eigenvalue weighted by Gasteiger charge is -2.59. The number of hydrogen-bond acceptors (Lipinski definition) is 11. The molecule has 4 fully saturated rings. The maximum Gasteiger partial charge on any atom is 0.324 e. The quantitative estimate of drug-likeness (QED) is 0.148. The lowest BCUT2D eigenvalue weighted by Crippen LogP contribution is -2.65. The first-order valence-corrected chi connectivity index (χ1v) is 15.3. The molecule has 2 unspecified atom stereocenters. The van der Waals surface area contributed by atoms with E-state index in [1.807, 2.05) is 17.9 Å². The maximum absolute atomic E-state index is 14.0. The summed E-state index contributed by atoms with van der Waals surface area (Å²) in [5.41, 5.74) is -2.58. The zero-order valence-corrected chi connectivity index (χ0v) is 27.2. The van der Waals surface area contributed by atoms with Gasteiger partial charge in [0.15, 0.2) is 11.6 Å². The van der Waals surface area contributed by atoms with Crippen LogP contribution in [0, 0.1) is 38.7 Å². The average molecular weight is 679 g/mol. The van der Waals surface area contributed by atoms with E-state index in [1.54, 1.807) is 19.1 Å². The summed E-state index contributed by atoms with van der Waals surface area (Å²) in [4.78, 5) is 56.7. The zero-order valence-electron chi connectivity index (χ0n) is 25.6. The van der Waals surface area contributed by atoms with Crippen LogP contribution in [0.3, 0.4) is 0 Å². The Labute approximate surface area is 274 Å². The lowest BCUT2D eigenvalue weighted by atomic mass is 9.46. The van der Waals surface area contributed by atoms with Gasteiger partial charge in [-0.2, -0.15) is 0 Å². The molecule has 0 aromatic carbocycles. The molecule has 4 N–H and O–H groups in total. The molecule has 0 aromatic rings. The standard InChI is InChI=1S/C30H43N3O10.2ClH/c1-28-8-6-19(34)16-18(28)4-5-20-21-7-9-30(40,29(21,2)17-22(35)23(20)28)26(37)25(36)24(27(38)39)32-13-11-31(12-14-32)10-3-15-43-33(41)42;;/h6,8,16,20-25,35-36,40H,3-5,7,9-15,17H2,1-2H3,(H,38,39);2*1H/t20-,21-,22-,23+,24?,25?,28-,29-,30-;;/m0../s1. The third kappa shape index (κ3) is 6.41. The summed E-state index contributed by atoms with van der Waals surface area (Å²) in [6, 6.07) is -1.55. The van der Waals surface area contributed by atoms with Crippen LogP contribution in [0.1, 0.15) is 52.4 Å². The molecule has 5 aliphatic rings. The van der Waals surface area contributed by atoms with Gasteiger partial charge in [0, 0.05) is 49.5 Å². The number of nitrogens with zero attached hydrogens (tertiary/aromatic N) is 3. The fraction of sp³-hybridized carbons (Fsp3) is 0.767. The number of halogens is 2. The SMILES string of the molecule is C[C@]12C=CC(=O)C=C1CC[C@@H]1[C@@H]2[C@@H](O)C[C@@]2(C)[C@H]1CC[C@]2(O)C(=O)C(O)C(C(=O)O)N1CCN(CCCO[N+](=O)[O-])CC1.Cl.Cl. The largest absolute Gasteiger partial charge is 0.480 e. The third-order valence-electron chi connectivity index (χ3n) is 11.5. The minimum absolute atomic E-state index is 0. The predicted molar refractivity (Wildman–Crippen MR) is 165 cm³/mol. The van der Waals surface area contributed by atoms with Crippen LogP contribution in [0.4, 0.5) is 0 Å². The van der Waals surface area contributed by atoms with Crippen molar-refractivity contribution in [1.82, 2.24) is 9.80 Å². The highest BCUT2D eigenvalue weighted by atomic mass is 35.5. The van der Waals surface area contributed by atoms with E-state index < -0.39 is 51.5 Å². The minimum atomic E-state index is -2.01.